The number of para-hydroxylation sites is 1. The summed E-state index contributed by atoms with van der Waals surface area (Å²) >= 11 is 0. The molecule has 1 saturated heterocycles. The summed E-state index contributed by atoms with van der Waals surface area (Å²) < 4.78 is 0. The van der Waals surface area contributed by atoms with Gasteiger partial charge in [-0.15, -0.1) is 0 Å². The monoisotopic (exact) mass is 280 g/mol. The molecule has 1 N–H and O–H groups in total. The molecule has 1 fully saturated rings. The van der Waals surface area contributed by atoms with Crippen molar-refractivity contribution in [3.63, 3.8) is 0 Å². The number of likely N-dealkylation sites (tertiary alicyclic amines) is 1. The maximum absolute atomic E-state index is 3.64. The molecule has 0 saturated carbocycles. The lowest BCUT2D eigenvalue weighted by Gasteiger charge is -2.19. The average Bonchev–Trinajstić information content (AvgIpc) is 2.91. The van der Waals surface area contributed by atoms with Crippen LogP contribution in [-0.2, 0) is 6.54 Å². The summed E-state index contributed by atoms with van der Waals surface area (Å²) in [5, 5.41) is 3.64. The topological polar surface area (TPSA) is 15.3 Å². The number of hydrogen-bond donors (Lipinski definition) is 1. The smallest absolute Gasteiger partial charge is 0.0400 e. The molecule has 2 nitrogen and oxygen atoms in total. The fourth-order valence-electron chi connectivity index (χ4n) is 3.08. The molecule has 2 aromatic carbocycles. The molecule has 0 spiro atoms. The van der Waals surface area contributed by atoms with E-state index < -0.39 is 0 Å². The summed E-state index contributed by atoms with van der Waals surface area (Å²) in [6.45, 7) is 7.76. The zero-order valence-corrected chi connectivity index (χ0v) is 13.0. The third-order valence-corrected chi connectivity index (χ3v) is 4.32. The molecule has 0 aliphatic carbocycles. The van der Waals surface area contributed by atoms with E-state index in [4.69, 9.17) is 0 Å². The van der Waals surface area contributed by atoms with Crippen molar-refractivity contribution in [2.45, 2.75) is 32.9 Å². The first-order valence-electron chi connectivity index (χ1n) is 7.81. The molecule has 2 aromatic rings. The van der Waals surface area contributed by atoms with Crippen molar-refractivity contribution in [2.24, 2.45) is 0 Å². The van der Waals surface area contributed by atoms with E-state index in [1.807, 2.05) is 0 Å². The van der Waals surface area contributed by atoms with Crippen molar-refractivity contribution < 1.29 is 0 Å². The van der Waals surface area contributed by atoms with Crippen LogP contribution >= 0.6 is 0 Å². The number of hydrogen-bond acceptors (Lipinski definition) is 2. The van der Waals surface area contributed by atoms with Crippen LogP contribution in [0.2, 0.25) is 0 Å². The van der Waals surface area contributed by atoms with E-state index in [2.05, 4.69) is 72.6 Å². The molecule has 0 amide bonds. The number of benzene rings is 2. The van der Waals surface area contributed by atoms with E-state index in [0.29, 0.717) is 6.04 Å². The molecule has 110 valence electrons. The standard InChI is InChI=1S/C19H24N2/c1-15-8-9-16(2)17(12-15)13-21-11-10-19(14-21)20-18-6-4-3-5-7-18/h3-9,12,19-20H,10-11,13-14H2,1-2H3. The Morgan fingerprint density at radius 3 is 2.71 bits per heavy atom. The first kappa shape index (κ1) is 14.2. The van der Waals surface area contributed by atoms with Gasteiger partial charge >= 0.3 is 0 Å². The molecular weight excluding hydrogens is 256 g/mol. The van der Waals surface area contributed by atoms with Crippen LogP contribution in [0.25, 0.3) is 0 Å². The molecule has 1 aliphatic heterocycles. The molecule has 3 rings (SSSR count). The van der Waals surface area contributed by atoms with E-state index in [1.165, 1.54) is 35.3 Å². The van der Waals surface area contributed by atoms with Crippen LogP contribution in [0.5, 0.6) is 0 Å². The Morgan fingerprint density at radius 2 is 1.90 bits per heavy atom. The molecule has 1 aliphatic rings. The first-order valence-corrected chi connectivity index (χ1v) is 7.81. The zero-order chi connectivity index (χ0) is 14.7. The predicted molar refractivity (Wildman–Crippen MR) is 89.7 cm³/mol. The van der Waals surface area contributed by atoms with Gasteiger partial charge in [0, 0.05) is 31.4 Å². The molecule has 0 radical (unpaired) electrons. The Morgan fingerprint density at radius 1 is 1.10 bits per heavy atom. The summed E-state index contributed by atoms with van der Waals surface area (Å²) in [7, 11) is 0. The largest absolute Gasteiger partial charge is 0.381 e. The minimum absolute atomic E-state index is 0.567. The minimum atomic E-state index is 0.567. The van der Waals surface area contributed by atoms with Crippen molar-refractivity contribution in [1.82, 2.24) is 4.90 Å². The Balaban J connectivity index is 1.58. The minimum Gasteiger partial charge on any atom is -0.381 e. The van der Waals surface area contributed by atoms with Gasteiger partial charge in [0.1, 0.15) is 0 Å². The van der Waals surface area contributed by atoms with Gasteiger partial charge in [0.2, 0.25) is 0 Å². The van der Waals surface area contributed by atoms with Crippen LogP contribution in [0.4, 0.5) is 5.69 Å². The Kier molecular flexibility index (Phi) is 4.26. The highest BCUT2D eigenvalue weighted by molar-refractivity contribution is 5.43. The molecular formula is C19H24N2. The summed E-state index contributed by atoms with van der Waals surface area (Å²) in [6.07, 6.45) is 1.22. The van der Waals surface area contributed by atoms with Gasteiger partial charge in [-0.2, -0.15) is 0 Å². The van der Waals surface area contributed by atoms with E-state index in [-0.39, 0.29) is 0 Å². The quantitative estimate of drug-likeness (QED) is 0.911. The summed E-state index contributed by atoms with van der Waals surface area (Å²) in [5.74, 6) is 0. The van der Waals surface area contributed by atoms with Gasteiger partial charge < -0.3 is 5.32 Å². The fraction of sp³-hybridized carbons (Fsp3) is 0.368. The lowest BCUT2D eigenvalue weighted by atomic mass is 10.1. The average molecular weight is 280 g/mol. The molecule has 1 heterocycles. The number of anilines is 1. The molecule has 1 unspecified atom stereocenters. The van der Waals surface area contributed by atoms with Crippen LogP contribution in [0.3, 0.4) is 0 Å². The Hall–Kier alpha value is -1.80. The van der Waals surface area contributed by atoms with Gasteiger partial charge in [0.15, 0.2) is 0 Å². The summed E-state index contributed by atoms with van der Waals surface area (Å²) in [5.41, 5.74) is 5.46. The fourth-order valence-corrected chi connectivity index (χ4v) is 3.08. The molecule has 1 atom stereocenters. The second-order valence-electron chi connectivity index (χ2n) is 6.16. The van der Waals surface area contributed by atoms with Gasteiger partial charge in [-0.3, -0.25) is 4.90 Å². The van der Waals surface area contributed by atoms with Gasteiger partial charge in [0.05, 0.1) is 0 Å². The van der Waals surface area contributed by atoms with Crippen molar-refractivity contribution in [3.8, 4) is 0 Å². The molecule has 21 heavy (non-hydrogen) atoms. The van der Waals surface area contributed by atoms with E-state index >= 15 is 0 Å². The van der Waals surface area contributed by atoms with E-state index in [1.54, 1.807) is 0 Å². The van der Waals surface area contributed by atoms with Crippen LogP contribution in [0.15, 0.2) is 48.5 Å². The highest BCUT2D eigenvalue weighted by Crippen LogP contribution is 2.19. The summed E-state index contributed by atoms with van der Waals surface area (Å²) in [4.78, 5) is 2.56. The third-order valence-electron chi connectivity index (χ3n) is 4.32. The third kappa shape index (κ3) is 3.64. The summed E-state index contributed by atoms with van der Waals surface area (Å²) in [6, 6.07) is 17.9. The Bertz CT molecular complexity index is 592. The highest BCUT2D eigenvalue weighted by Gasteiger charge is 2.22. The van der Waals surface area contributed by atoms with Gasteiger partial charge in [0.25, 0.3) is 0 Å². The maximum atomic E-state index is 3.64. The lowest BCUT2D eigenvalue weighted by Crippen LogP contribution is -2.26. The highest BCUT2D eigenvalue weighted by atomic mass is 15.2. The molecule has 0 aromatic heterocycles. The van der Waals surface area contributed by atoms with Gasteiger partial charge in [-0.05, 0) is 43.5 Å². The lowest BCUT2D eigenvalue weighted by molar-refractivity contribution is 0.328. The molecule has 2 heteroatoms. The van der Waals surface area contributed by atoms with Crippen molar-refractivity contribution in [3.05, 3.63) is 65.2 Å². The first-order chi connectivity index (χ1) is 10.2. The zero-order valence-electron chi connectivity index (χ0n) is 13.0. The predicted octanol–water partition coefficient (Wildman–Crippen LogP) is 3.99. The number of rotatable bonds is 4. The normalized spacial score (nSPS) is 18.9. The van der Waals surface area contributed by atoms with Crippen molar-refractivity contribution >= 4 is 5.69 Å². The van der Waals surface area contributed by atoms with E-state index in [0.717, 1.165) is 13.1 Å². The van der Waals surface area contributed by atoms with Crippen LogP contribution in [-0.4, -0.2) is 24.0 Å². The van der Waals surface area contributed by atoms with Gasteiger partial charge in [-0.1, -0.05) is 42.0 Å². The van der Waals surface area contributed by atoms with Gasteiger partial charge in [-0.25, -0.2) is 0 Å². The second kappa shape index (κ2) is 6.31. The number of nitrogens with one attached hydrogen (secondary N) is 1. The number of aryl methyl sites for hydroxylation is 2. The SMILES string of the molecule is Cc1ccc(C)c(CN2CCC(Nc3ccccc3)C2)c1. The van der Waals surface area contributed by atoms with E-state index in [9.17, 15) is 0 Å². The number of nitrogens with zero attached hydrogens (tertiary/aromatic N) is 1. The maximum Gasteiger partial charge on any atom is 0.0400 e. The van der Waals surface area contributed by atoms with Crippen LogP contribution in [0, 0.1) is 13.8 Å². The van der Waals surface area contributed by atoms with Crippen LogP contribution < -0.4 is 5.32 Å². The van der Waals surface area contributed by atoms with Crippen LogP contribution in [0.1, 0.15) is 23.1 Å². The van der Waals surface area contributed by atoms with Crippen molar-refractivity contribution in [2.75, 3.05) is 18.4 Å². The van der Waals surface area contributed by atoms with Crippen molar-refractivity contribution in [1.29, 1.82) is 0 Å². The molecule has 0 bridgehead atoms. The Labute approximate surface area is 127 Å². The second-order valence-corrected chi connectivity index (χ2v) is 6.16.